The molecule has 0 aliphatic carbocycles. The summed E-state index contributed by atoms with van der Waals surface area (Å²) in [5, 5.41) is 10.3. The minimum Gasteiger partial charge on any atom is -0.465 e. The van der Waals surface area contributed by atoms with Crippen LogP contribution in [0.4, 0.5) is 4.79 Å². The molecule has 2 atom stereocenters. The molecule has 0 aromatic heterocycles. The third-order valence-electron chi connectivity index (χ3n) is 5.33. The van der Waals surface area contributed by atoms with E-state index < -0.39 is 6.09 Å². The second-order valence-corrected chi connectivity index (χ2v) is 7.96. The normalized spacial score (nSPS) is 19.4. The summed E-state index contributed by atoms with van der Waals surface area (Å²) in [6.07, 6.45) is -0.415. The van der Waals surface area contributed by atoms with Crippen molar-refractivity contribution in [3.8, 4) is 0 Å². The van der Waals surface area contributed by atoms with Crippen LogP contribution < -0.4 is 0 Å². The molecule has 3 rings (SSSR count). The maximum Gasteiger partial charge on any atom is 0.407 e. The summed E-state index contributed by atoms with van der Waals surface area (Å²) in [6, 6.07) is 12.6. The zero-order valence-electron chi connectivity index (χ0n) is 15.7. The molecule has 28 heavy (non-hydrogen) atoms. The number of benzene rings is 2. The van der Waals surface area contributed by atoms with Crippen molar-refractivity contribution in [3.63, 3.8) is 0 Å². The summed E-state index contributed by atoms with van der Waals surface area (Å²) < 4.78 is 0. The smallest absolute Gasteiger partial charge is 0.407 e. The van der Waals surface area contributed by atoms with Gasteiger partial charge in [0.05, 0.1) is 10.0 Å². The summed E-state index contributed by atoms with van der Waals surface area (Å²) in [5.41, 5.74) is 2.57. The lowest BCUT2D eigenvalue weighted by atomic mass is 9.85. The lowest BCUT2D eigenvalue weighted by molar-refractivity contribution is 0.0591. The number of hydrogen-bond donors (Lipinski definition) is 1. The van der Waals surface area contributed by atoms with Crippen LogP contribution in [0.5, 0.6) is 0 Å². The molecule has 1 aliphatic heterocycles. The van der Waals surface area contributed by atoms with Gasteiger partial charge in [0.15, 0.2) is 0 Å². The zero-order chi connectivity index (χ0) is 20.4. The number of carbonyl (C=O) groups excluding carboxylic acids is 1. The van der Waals surface area contributed by atoms with Gasteiger partial charge in [-0.1, -0.05) is 47.0 Å². The molecule has 0 spiro atoms. The highest BCUT2D eigenvalue weighted by atomic mass is 35.5. The fourth-order valence-electron chi connectivity index (χ4n) is 3.70. The van der Waals surface area contributed by atoms with Gasteiger partial charge in [-0.15, -0.1) is 0 Å². The molecular weight excluding hydrogens is 399 g/mol. The third kappa shape index (κ3) is 4.26. The van der Waals surface area contributed by atoms with E-state index in [1.807, 2.05) is 37.3 Å². The topological polar surface area (TPSA) is 60.9 Å². The van der Waals surface area contributed by atoms with Crippen LogP contribution >= 0.6 is 23.2 Å². The van der Waals surface area contributed by atoms with E-state index in [1.165, 1.54) is 4.90 Å². The largest absolute Gasteiger partial charge is 0.465 e. The molecule has 1 saturated heterocycles. The highest BCUT2D eigenvalue weighted by Gasteiger charge is 2.36. The summed E-state index contributed by atoms with van der Waals surface area (Å²) in [4.78, 5) is 27.6. The van der Waals surface area contributed by atoms with E-state index in [0.29, 0.717) is 35.1 Å². The van der Waals surface area contributed by atoms with Gasteiger partial charge in [-0.05, 0) is 43.2 Å². The maximum absolute atomic E-state index is 13.0. The third-order valence-corrected chi connectivity index (χ3v) is 6.07. The highest BCUT2D eigenvalue weighted by molar-refractivity contribution is 6.42. The molecule has 2 unspecified atom stereocenters. The van der Waals surface area contributed by atoms with Gasteiger partial charge in [0.2, 0.25) is 0 Å². The second-order valence-electron chi connectivity index (χ2n) is 7.15. The number of piperidine rings is 1. The lowest BCUT2D eigenvalue weighted by Crippen LogP contribution is -2.51. The SMILES string of the molecule is Cc1ccc(C(=O)N(C)C2CCN(C(=O)O)CC2c2ccc(Cl)c(Cl)c2)cc1. The Kier molecular flexibility index (Phi) is 6.16. The van der Waals surface area contributed by atoms with Gasteiger partial charge in [-0.3, -0.25) is 4.79 Å². The predicted molar refractivity (Wildman–Crippen MR) is 110 cm³/mol. The monoisotopic (exact) mass is 420 g/mol. The Morgan fingerprint density at radius 1 is 1.11 bits per heavy atom. The molecule has 1 fully saturated rings. The molecule has 1 heterocycles. The van der Waals surface area contributed by atoms with Gasteiger partial charge < -0.3 is 14.9 Å². The summed E-state index contributed by atoms with van der Waals surface area (Å²) >= 11 is 12.2. The predicted octanol–water partition coefficient (Wildman–Crippen LogP) is 4.91. The van der Waals surface area contributed by atoms with Crippen molar-refractivity contribution >= 4 is 35.2 Å². The first-order chi connectivity index (χ1) is 13.3. The fourth-order valence-corrected chi connectivity index (χ4v) is 4.00. The van der Waals surface area contributed by atoms with Gasteiger partial charge >= 0.3 is 6.09 Å². The van der Waals surface area contributed by atoms with Crippen LogP contribution in [0.2, 0.25) is 10.0 Å². The molecule has 0 bridgehead atoms. The van der Waals surface area contributed by atoms with Crippen LogP contribution in [0.3, 0.4) is 0 Å². The van der Waals surface area contributed by atoms with Crippen molar-refractivity contribution in [2.45, 2.75) is 25.3 Å². The number of nitrogens with zero attached hydrogens (tertiary/aromatic N) is 2. The van der Waals surface area contributed by atoms with Gasteiger partial charge in [-0.25, -0.2) is 4.79 Å². The number of aryl methyl sites for hydroxylation is 1. The van der Waals surface area contributed by atoms with E-state index in [2.05, 4.69) is 0 Å². The summed E-state index contributed by atoms with van der Waals surface area (Å²) in [6.45, 7) is 2.65. The van der Waals surface area contributed by atoms with E-state index in [-0.39, 0.29) is 17.9 Å². The Balaban J connectivity index is 1.91. The first-order valence-corrected chi connectivity index (χ1v) is 9.80. The molecule has 1 N–H and O–H groups in total. The molecule has 0 saturated carbocycles. The quantitative estimate of drug-likeness (QED) is 0.766. The van der Waals surface area contributed by atoms with E-state index in [1.54, 1.807) is 24.1 Å². The number of halogens is 2. The van der Waals surface area contributed by atoms with E-state index in [4.69, 9.17) is 23.2 Å². The van der Waals surface area contributed by atoms with Crippen LogP contribution in [0.25, 0.3) is 0 Å². The number of hydrogen-bond acceptors (Lipinski definition) is 2. The number of likely N-dealkylation sites (tertiary alicyclic amines) is 1. The van der Waals surface area contributed by atoms with Gasteiger partial charge in [0, 0.05) is 37.7 Å². The van der Waals surface area contributed by atoms with Crippen LogP contribution in [-0.4, -0.2) is 53.1 Å². The number of likely N-dealkylation sites (N-methyl/N-ethyl adjacent to an activating group) is 1. The number of carboxylic acid groups (broad SMARTS) is 1. The first kappa shape index (κ1) is 20.5. The molecule has 5 nitrogen and oxygen atoms in total. The minimum atomic E-state index is -0.962. The Morgan fingerprint density at radius 3 is 2.39 bits per heavy atom. The maximum atomic E-state index is 13.0. The van der Waals surface area contributed by atoms with Gasteiger partial charge in [0.25, 0.3) is 5.91 Å². The average Bonchev–Trinajstić information content (AvgIpc) is 2.69. The Hall–Kier alpha value is -2.24. The van der Waals surface area contributed by atoms with Crippen molar-refractivity contribution in [3.05, 3.63) is 69.2 Å². The fraction of sp³-hybridized carbons (Fsp3) is 0.333. The van der Waals surface area contributed by atoms with Gasteiger partial charge in [0.1, 0.15) is 0 Å². The van der Waals surface area contributed by atoms with Crippen molar-refractivity contribution in [2.24, 2.45) is 0 Å². The van der Waals surface area contributed by atoms with Gasteiger partial charge in [-0.2, -0.15) is 0 Å². The zero-order valence-corrected chi connectivity index (χ0v) is 17.2. The highest BCUT2D eigenvalue weighted by Crippen LogP contribution is 2.34. The minimum absolute atomic E-state index is 0.0844. The van der Waals surface area contributed by atoms with Crippen molar-refractivity contribution in [1.29, 1.82) is 0 Å². The molecule has 148 valence electrons. The van der Waals surface area contributed by atoms with Crippen molar-refractivity contribution in [2.75, 3.05) is 20.1 Å². The number of amides is 2. The van der Waals surface area contributed by atoms with Crippen molar-refractivity contribution < 1.29 is 14.7 Å². The van der Waals surface area contributed by atoms with E-state index in [0.717, 1.165) is 11.1 Å². The van der Waals surface area contributed by atoms with Crippen LogP contribution in [0.1, 0.15) is 33.8 Å². The van der Waals surface area contributed by atoms with Crippen molar-refractivity contribution in [1.82, 2.24) is 9.80 Å². The molecule has 1 aliphatic rings. The van der Waals surface area contributed by atoms with Crippen LogP contribution in [0.15, 0.2) is 42.5 Å². The van der Waals surface area contributed by atoms with Crippen LogP contribution in [-0.2, 0) is 0 Å². The molecule has 0 radical (unpaired) electrons. The standard InChI is InChI=1S/C21H22Cl2N2O3/c1-13-3-5-14(6-4-13)20(26)24(2)19-9-10-25(21(27)28)12-16(19)15-7-8-17(22)18(23)11-15/h3-8,11,16,19H,9-10,12H2,1-2H3,(H,27,28). The van der Waals surface area contributed by atoms with E-state index in [9.17, 15) is 14.7 Å². The molecular formula is C21H22Cl2N2O3. The molecule has 2 aromatic carbocycles. The average molecular weight is 421 g/mol. The van der Waals surface area contributed by atoms with Crippen LogP contribution in [0, 0.1) is 6.92 Å². The molecule has 2 amide bonds. The number of carbonyl (C=O) groups is 2. The molecule has 7 heteroatoms. The molecule has 2 aromatic rings. The Bertz CT molecular complexity index is 886. The Labute approximate surface area is 174 Å². The Morgan fingerprint density at radius 2 is 1.79 bits per heavy atom. The van der Waals surface area contributed by atoms with E-state index >= 15 is 0 Å². The summed E-state index contributed by atoms with van der Waals surface area (Å²) in [5.74, 6) is -0.280. The summed E-state index contributed by atoms with van der Waals surface area (Å²) in [7, 11) is 1.77. The first-order valence-electron chi connectivity index (χ1n) is 9.04. The number of rotatable bonds is 3. The second kappa shape index (κ2) is 8.41. The lowest BCUT2D eigenvalue weighted by Gasteiger charge is -2.42.